The molecule has 14 heteroatoms. The number of hydrogen-bond donors (Lipinski definition) is 6. The molecule has 8 atom stereocenters. The molecule has 0 aliphatic heterocycles. The van der Waals surface area contributed by atoms with Crippen molar-refractivity contribution >= 4 is 23.9 Å². The lowest BCUT2D eigenvalue weighted by molar-refractivity contribution is -0.156. The second-order valence-corrected chi connectivity index (χ2v) is 15.3. The van der Waals surface area contributed by atoms with E-state index in [0.29, 0.717) is 32.1 Å². The third-order valence-corrected chi connectivity index (χ3v) is 9.54. The number of hydrogen-bond acceptors (Lipinski definition) is 14. The van der Waals surface area contributed by atoms with Gasteiger partial charge in [0.05, 0.1) is 62.8 Å². The van der Waals surface area contributed by atoms with Crippen molar-refractivity contribution in [1.82, 2.24) is 0 Å². The summed E-state index contributed by atoms with van der Waals surface area (Å²) < 4.78 is 21.8. The Morgan fingerprint density at radius 3 is 1.04 bits per heavy atom. The van der Waals surface area contributed by atoms with Crippen LogP contribution in [0.15, 0.2) is 0 Å². The number of unbranched alkanes of at least 4 members (excludes halogenated alkanes) is 8. The van der Waals surface area contributed by atoms with Gasteiger partial charge in [0, 0.05) is 19.3 Å². The Hall–Kier alpha value is -2.36. The van der Waals surface area contributed by atoms with Crippen LogP contribution in [0.4, 0.5) is 0 Å². The first kappa shape index (κ1) is 53.6. The predicted molar refractivity (Wildman–Crippen MR) is 211 cm³/mol. The van der Waals surface area contributed by atoms with Crippen LogP contribution < -0.4 is 0 Å². The number of aliphatic hydroxyl groups excluding tert-OH is 6. The topological polar surface area (TPSA) is 227 Å². The van der Waals surface area contributed by atoms with Gasteiger partial charge in [0.2, 0.25) is 0 Å². The second-order valence-electron chi connectivity index (χ2n) is 15.3. The van der Waals surface area contributed by atoms with Crippen molar-refractivity contribution in [2.75, 3.05) is 13.2 Å². The minimum Gasteiger partial charge on any atom is -0.463 e. The Morgan fingerprint density at radius 2 is 0.714 bits per heavy atom. The first-order chi connectivity index (χ1) is 26.8. The molecule has 0 rings (SSSR count). The van der Waals surface area contributed by atoms with Crippen LogP contribution in [0, 0.1) is 0 Å². The van der Waals surface area contributed by atoms with Gasteiger partial charge in [-0.15, -0.1) is 0 Å². The van der Waals surface area contributed by atoms with Gasteiger partial charge in [-0.3, -0.25) is 19.2 Å². The van der Waals surface area contributed by atoms with Crippen LogP contribution in [0.2, 0.25) is 0 Å². The van der Waals surface area contributed by atoms with E-state index in [4.69, 9.17) is 24.1 Å². The molecule has 8 unspecified atom stereocenters. The van der Waals surface area contributed by atoms with E-state index in [0.717, 1.165) is 70.6 Å². The standard InChI is InChI=1S/C42H78O14/c1-5-9-13-17-31(44)23-32(45)28-40(50)54-37(19-15-11-7-3)25-34(47)30-42(52)56-38(20-16-12-8-4)26-35(48)29-41(51)55-36(18-14-10-6-2)24-33(46)27-39(49)53-22-21-43/h31-38,43-48H,5-30H2,1-4H3. The first-order valence-corrected chi connectivity index (χ1v) is 21.5. The monoisotopic (exact) mass is 807 g/mol. The molecular formula is C42H78O14. The van der Waals surface area contributed by atoms with E-state index in [1.165, 1.54) is 0 Å². The summed E-state index contributed by atoms with van der Waals surface area (Å²) in [7, 11) is 0. The van der Waals surface area contributed by atoms with Crippen LogP contribution >= 0.6 is 0 Å². The molecular weight excluding hydrogens is 728 g/mol. The van der Waals surface area contributed by atoms with Crippen molar-refractivity contribution in [2.24, 2.45) is 0 Å². The zero-order chi connectivity index (χ0) is 42.1. The van der Waals surface area contributed by atoms with Gasteiger partial charge in [0.15, 0.2) is 0 Å². The molecule has 0 aliphatic rings. The molecule has 0 aliphatic carbocycles. The molecule has 0 saturated heterocycles. The molecule has 0 radical (unpaired) electrons. The van der Waals surface area contributed by atoms with E-state index >= 15 is 0 Å². The highest BCUT2D eigenvalue weighted by atomic mass is 16.6. The number of aliphatic hydroxyl groups is 6. The zero-order valence-corrected chi connectivity index (χ0v) is 35.0. The maximum atomic E-state index is 13.0. The van der Waals surface area contributed by atoms with Gasteiger partial charge in [0.1, 0.15) is 24.9 Å². The molecule has 0 aromatic heterocycles. The van der Waals surface area contributed by atoms with Crippen LogP contribution in [0.1, 0.15) is 182 Å². The van der Waals surface area contributed by atoms with E-state index in [9.17, 15) is 44.7 Å². The Kier molecular flexibility index (Phi) is 33.2. The van der Waals surface area contributed by atoms with E-state index in [1.807, 2.05) is 20.8 Å². The van der Waals surface area contributed by atoms with Crippen molar-refractivity contribution in [3.05, 3.63) is 0 Å². The average molecular weight is 807 g/mol. The van der Waals surface area contributed by atoms with Gasteiger partial charge in [-0.05, 0) is 51.4 Å². The van der Waals surface area contributed by atoms with Crippen molar-refractivity contribution < 1.29 is 68.8 Å². The molecule has 0 fully saturated rings. The van der Waals surface area contributed by atoms with E-state index in [1.54, 1.807) is 0 Å². The van der Waals surface area contributed by atoms with Crippen LogP contribution in [0.25, 0.3) is 0 Å². The molecule has 0 saturated carbocycles. The summed E-state index contributed by atoms with van der Waals surface area (Å²) in [4.78, 5) is 50.5. The SMILES string of the molecule is CCCCCC(O)CC(O)CC(=O)OC(CCCCC)CC(O)CC(=O)OC(CCCCC)CC(O)CC(=O)OC(CCCCC)CC(O)CC(=O)OCCO. The summed E-state index contributed by atoms with van der Waals surface area (Å²) in [5.41, 5.74) is 0. The van der Waals surface area contributed by atoms with Crippen LogP contribution in [-0.4, -0.2) is 117 Å². The fourth-order valence-electron chi connectivity index (χ4n) is 6.54. The first-order valence-electron chi connectivity index (χ1n) is 21.5. The maximum absolute atomic E-state index is 13.0. The Morgan fingerprint density at radius 1 is 0.411 bits per heavy atom. The minimum absolute atomic E-state index is 0.00327. The number of esters is 4. The lowest BCUT2D eigenvalue weighted by Crippen LogP contribution is -2.31. The smallest absolute Gasteiger partial charge is 0.308 e. The number of ether oxygens (including phenoxy) is 4. The predicted octanol–water partition coefficient (Wildman–Crippen LogP) is 5.50. The highest BCUT2D eigenvalue weighted by molar-refractivity contribution is 5.71. The van der Waals surface area contributed by atoms with Gasteiger partial charge < -0.3 is 49.6 Å². The number of carbonyl (C=O) groups is 4. The molecule has 0 aromatic carbocycles. The van der Waals surface area contributed by atoms with Crippen molar-refractivity contribution in [3.8, 4) is 0 Å². The summed E-state index contributed by atoms with van der Waals surface area (Å²) in [6.07, 6.45) is 3.65. The molecule has 0 amide bonds. The Bertz CT molecular complexity index is 1010. The van der Waals surface area contributed by atoms with E-state index < -0.39 is 72.7 Å². The van der Waals surface area contributed by atoms with E-state index in [-0.39, 0.29) is 64.6 Å². The van der Waals surface area contributed by atoms with Gasteiger partial charge in [-0.2, -0.15) is 0 Å². The fourth-order valence-corrected chi connectivity index (χ4v) is 6.54. The van der Waals surface area contributed by atoms with Crippen molar-refractivity contribution in [2.45, 2.75) is 231 Å². The van der Waals surface area contributed by atoms with Crippen LogP contribution in [0.3, 0.4) is 0 Å². The Balaban J connectivity index is 5.28. The fraction of sp³-hybridized carbons (Fsp3) is 0.905. The largest absolute Gasteiger partial charge is 0.463 e. The molecule has 0 bridgehead atoms. The van der Waals surface area contributed by atoms with Crippen molar-refractivity contribution in [3.63, 3.8) is 0 Å². The molecule has 0 aromatic rings. The highest BCUT2D eigenvalue weighted by Gasteiger charge is 2.27. The van der Waals surface area contributed by atoms with E-state index in [2.05, 4.69) is 6.92 Å². The lowest BCUT2D eigenvalue weighted by Gasteiger charge is -2.24. The normalized spacial score (nSPS) is 15.8. The summed E-state index contributed by atoms with van der Waals surface area (Å²) >= 11 is 0. The lowest BCUT2D eigenvalue weighted by atomic mass is 10.0. The van der Waals surface area contributed by atoms with Gasteiger partial charge in [-0.1, -0.05) is 85.5 Å². The van der Waals surface area contributed by atoms with Crippen molar-refractivity contribution in [1.29, 1.82) is 0 Å². The molecule has 0 heterocycles. The highest BCUT2D eigenvalue weighted by Crippen LogP contribution is 2.21. The zero-order valence-electron chi connectivity index (χ0n) is 35.0. The number of carbonyl (C=O) groups excluding carboxylic acids is 4. The van der Waals surface area contributed by atoms with Gasteiger partial charge in [-0.25, -0.2) is 0 Å². The summed E-state index contributed by atoms with van der Waals surface area (Å²) in [6, 6.07) is 0. The maximum Gasteiger partial charge on any atom is 0.308 e. The Labute approximate surface area is 336 Å². The number of rotatable bonds is 37. The summed E-state index contributed by atoms with van der Waals surface area (Å²) in [6.45, 7) is 7.63. The van der Waals surface area contributed by atoms with Crippen LogP contribution in [-0.2, 0) is 38.1 Å². The minimum atomic E-state index is -1.20. The van der Waals surface area contributed by atoms with Crippen LogP contribution in [0.5, 0.6) is 0 Å². The molecule has 330 valence electrons. The quantitative estimate of drug-likeness (QED) is 0.0259. The summed E-state index contributed by atoms with van der Waals surface area (Å²) in [5, 5.41) is 61.5. The average Bonchev–Trinajstić information content (AvgIpc) is 3.10. The third-order valence-electron chi connectivity index (χ3n) is 9.54. The van der Waals surface area contributed by atoms with Gasteiger partial charge in [0.25, 0.3) is 0 Å². The molecule has 14 nitrogen and oxygen atoms in total. The van der Waals surface area contributed by atoms with Gasteiger partial charge >= 0.3 is 23.9 Å². The molecule has 6 N–H and O–H groups in total. The summed E-state index contributed by atoms with van der Waals surface area (Å²) in [5.74, 6) is -2.70. The molecule has 0 spiro atoms. The molecule has 56 heavy (non-hydrogen) atoms. The second kappa shape index (κ2) is 34.7. The third kappa shape index (κ3) is 30.7.